The van der Waals surface area contributed by atoms with Gasteiger partial charge in [-0.1, -0.05) is 30.6 Å². The van der Waals surface area contributed by atoms with Gasteiger partial charge in [0.15, 0.2) is 0 Å². The van der Waals surface area contributed by atoms with Crippen LogP contribution in [0.25, 0.3) is 11.4 Å². The normalized spacial score (nSPS) is 10.8. The molecule has 1 aromatic heterocycles. The number of halogens is 1. The minimum atomic E-state index is 0.678. The Hall–Kier alpha value is -0.560. The molecule has 0 aliphatic heterocycles. The number of nitrogens with zero attached hydrogens (tertiary/aromatic N) is 2. The zero-order valence-corrected chi connectivity index (χ0v) is 13.2. The first-order valence-corrected chi connectivity index (χ1v) is 8.19. The Labute approximate surface area is 125 Å². The number of hydrogen-bond donors (Lipinski definition) is 0. The molecule has 0 unspecified atom stereocenters. The summed E-state index contributed by atoms with van der Waals surface area (Å²) in [4.78, 5) is 4.41. The molecule has 5 heteroatoms. The summed E-state index contributed by atoms with van der Waals surface area (Å²) in [6.45, 7) is 2.20. The van der Waals surface area contributed by atoms with Crippen molar-refractivity contribution in [3.8, 4) is 11.4 Å². The highest BCUT2D eigenvalue weighted by molar-refractivity contribution is 14.1. The number of thioether (sulfide) groups is 1. The van der Waals surface area contributed by atoms with Gasteiger partial charge in [0.05, 0.1) is 5.75 Å². The average molecular weight is 374 g/mol. The summed E-state index contributed by atoms with van der Waals surface area (Å²) in [5.74, 6) is 3.34. The molecule has 1 heterocycles. The fraction of sp³-hybridized carbons (Fsp3) is 0.385. The highest BCUT2D eigenvalue weighted by Gasteiger charge is 2.08. The first kappa shape index (κ1) is 13.9. The smallest absolute Gasteiger partial charge is 0.236 e. The van der Waals surface area contributed by atoms with Crippen LogP contribution in [-0.2, 0) is 5.75 Å². The van der Waals surface area contributed by atoms with Gasteiger partial charge in [0.1, 0.15) is 0 Å². The Kier molecular flexibility index (Phi) is 5.49. The predicted molar refractivity (Wildman–Crippen MR) is 83.5 cm³/mol. The van der Waals surface area contributed by atoms with Crippen molar-refractivity contribution in [1.29, 1.82) is 0 Å². The number of unbranched alkanes of at least 4 members (excludes halogenated alkanes) is 1. The van der Waals surface area contributed by atoms with Crippen LogP contribution in [0.1, 0.15) is 25.7 Å². The second-order valence-corrected chi connectivity index (χ2v) is 6.28. The van der Waals surface area contributed by atoms with Gasteiger partial charge >= 0.3 is 0 Å². The Morgan fingerprint density at radius 2 is 2.06 bits per heavy atom. The molecule has 0 saturated carbocycles. The highest BCUT2D eigenvalue weighted by atomic mass is 127. The lowest BCUT2D eigenvalue weighted by Gasteiger charge is -1.95. The summed E-state index contributed by atoms with van der Waals surface area (Å²) >= 11 is 4.12. The second-order valence-electron chi connectivity index (χ2n) is 3.92. The summed E-state index contributed by atoms with van der Waals surface area (Å²) in [5.41, 5.74) is 1.00. The second kappa shape index (κ2) is 7.13. The summed E-state index contributed by atoms with van der Waals surface area (Å²) in [6.07, 6.45) is 2.47. The van der Waals surface area contributed by atoms with Crippen molar-refractivity contribution in [2.24, 2.45) is 0 Å². The van der Waals surface area contributed by atoms with Crippen LogP contribution in [-0.4, -0.2) is 15.9 Å². The number of aromatic nitrogens is 2. The van der Waals surface area contributed by atoms with E-state index in [-0.39, 0.29) is 0 Å². The van der Waals surface area contributed by atoms with Crippen LogP contribution >= 0.6 is 34.4 Å². The third-order valence-electron chi connectivity index (χ3n) is 2.44. The zero-order chi connectivity index (χ0) is 12.8. The Balaban J connectivity index is 1.95. The molecule has 3 nitrogen and oxygen atoms in total. The molecule has 0 fully saturated rings. The summed E-state index contributed by atoms with van der Waals surface area (Å²) in [7, 11) is 0. The molecular weight excluding hydrogens is 359 g/mol. The van der Waals surface area contributed by atoms with Crippen molar-refractivity contribution in [3.05, 3.63) is 33.7 Å². The molecule has 0 N–H and O–H groups in total. The van der Waals surface area contributed by atoms with Gasteiger partial charge in [-0.05, 0) is 46.9 Å². The van der Waals surface area contributed by atoms with Gasteiger partial charge in [-0.15, -0.1) is 0 Å². The molecule has 1 aromatic carbocycles. The van der Waals surface area contributed by atoms with Crippen molar-refractivity contribution in [3.63, 3.8) is 0 Å². The van der Waals surface area contributed by atoms with Crippen molar-refractivity contribution in [2.45, 2.75) is 25.5 Å². The van der Waals surface area contributed by atoms with Gasteiger partial charge in [-0.2, -0.15) is 16.7 Å². The SMILES string of the molecule is CCCCSCc1nc(-c2ccc(I)cc2)no1. The molecule has 0 radical (unpaired) electrons. The lowest BCUT2D eigenvalue weighted by Crippen LogP contribution is -1.84. The Morgan fingerprint density at radius 3 is 2.78 bits per heavy atom. The quantitative estimate of drug-likeness (QED) is 0.556. The molecule has 96 valence electrons. The Morgan fingerprint density at radius 1 is 1.28 bits per heavy atom. The van der Waals surface area contributed by atoms with Crippen LogP contribution in [0.3, 0.4) is 0 Å². The summed E-state index contributed by atoms with van der Waals surface area (Å²) in [5, 5.41) is 4.01. The lowest BCUT2D eigenvalue weighted by atomic mass is 10.2. The number of hydrogen-bond acceptors (Lipinski definition) is 4. The summed E-state index contributed by atoms with van der Waals surface area (Å²) in [6, 6.07) is 8.12. The molecule has 0 amide bonds. The molecule has 18 heavy (non-hydrogen) atoms. The van der Waals surface area contributed by atoms with Gasteiger partial charge in [0.25, 0.3) is 0 Å². The van der Waals surface area contributed by atoms with E-state index < -0.39 is 0 Å². The fourth-order valence-corrected chi connectivity index (χ4v) is 2.72. The topological polar surface area (TPSA) is 38.9 Å². The lowest BCUT2D eigenvalue weighted by molar-refractivity contribution is 0.391. The summed E-state index contributed by atoms with van der Waals surface area (Å²) < 4.78 is 6.45. The minimum Gasteiger partial charge on any atom is -0.338 e. The molecule has 0 aliphatic carbocycles. The van der Waals surface area contributed by atoms with Crippen molar-refractivity contribution in [2.75, 3.05) is 5.75 Å². The molecular formula is C13H15IN2OS. The van der Waals surface area contributed by atoms with Crippen molar-refractivity contribution < 1.29 is 4.52 Å². The molecule has 2 rings (SSSR count). The highest BCUT2D eigenvalue weighted by Crippen LogP contribution is 2.19. The monoisotopic (exact) mass is 374 g/mol. The van der Waals surface area contributed by atoms with Crippen LogP contribution in [0.2, 0.25) is 0 Å². The van der Waals surface area contributed by atoms with Gasteiger partial charge in [0, 0.05) is 9.13 Å². The maximum absolute atomic E-state index is 5.25. The largest absolute Gasteiger partial charge is 0.338 e. The van der Waals surface area contributed by atoms with E-state index >= 15 is 0 Å². The van der Waals surface area contributed by atoms with E-state index in [1.165, 1.54) is 16.4 Å². The first-order chi connectivity index (χ1) is 8.79. The van der Waals surface area contributed by atoms with Crippen molar-refractivity contribution >= 4 is 34.4 Å². The van der Waals surface area contributed by atoms with Crippen LogP contribution in [0.4, 0.5) is 0 Å². The average Bonchev–Trinajstić information content (AvgIpc) is 2.84. The standard InChI is InChI=1S/C13H15IN2OS/c1-2-3-8-18-9-12-15-13(16-17-12)10-4-6-11(14)7-5-10/h4-7H,2-3,8-9H2,1H3. The Bertz CT molecular complexity index is 484. The first-order valence-electron chi connectivity index (χ1n) is 5.96. The maximum Gasteiger partial charge on any atom is 0.236 e. The van der Waals surface area contributed by atoms with Gasteiger partial charge in [-0.3, -0.25) is 0 Å². The van der Waals surface area contributed by atoms with Gasteiger partial charge < -0.3 is 4.52 Å². The van der Waals surface area contributed by atoms with Crippen LogP contribution < -0.4 is 0 Å². The van der Waals surface area contributed by atoms with E-state index in [4.69, 9.17) is 4.52 Å². The number of benzene rings is 1. The maximum atomic E-state index is 5.25. The molecule has 2 aromatic rings. The van der Waals surface area contributed by atoms with Gasteiger partial charge in [0.2, 0.25) is 11.7 Å². The van der Waals surface area contributed by atoms with Crippen LogP contribution in [0, 0.1) is 3.57 Å². The molecule has 0 atom stereocenters. The third kappa shape index (κ3) is 3.98. The van der Waals surface area contributed by atoms with E-state index in [0.717, 1.165) is 17.1 Å². The van der Waals surface area contributed by atoms with E-state index in [1.807, 2.05) is 36.0 Å². The minimum absolute atomic E-state index is 0.678. The zero-order valence-electron chi connectivity index (χ0n) is 10.2. The molecule has 0 bridgehead atoms. The van der Waals surface area contributed by atoms with Crippen molar-refractivity contribution in [1.82, 2.24) is 10.1 Å². The fourth-order valence-electron chi connectivity index (χ4n) is 1.44. The van der Waals surface area contributed by atoms with Crippen LogP contribution in [0.5, 0.6) is 0 Å². The van der Waals surface area contributed by atoms with E-state index in [9.17, 15) is 0 Å². The van der Waals surface area contributed by atoms with Crippen LogP contribution in [0.15, 0.2) is 28.8 Å². The van der Waals surface area contributed by atoms with E-state index in [0.29, 0.717) is 11.7 Å². The third-order valence-corrected chi connectivity index (χ3v) is 4.19. The van der Waals surface area contributed by atoms with E-state index in [1.54, 1.807) is 0 Å². The number of rotatable bonds is 6. The van der Waals surface area contributed by atoms with Gasteiger partial charge in [-0.25, -0.2) is 0 Å². The van der Waals surface area contributed by atoms with E-state index in [2.05, 4.69) is 39.7 Å². The molecule has 0 spiro atoms. The molecule has 0 saturated heterocycles. The molecule has 0 aliphatic rings. The predicted octanol–water partition coefficient (Wildman–Crippen LogP) is 4.37.